The van der Waals surface area contributed by atoms with Gasteiger partial charge in [-0.3, -0.25) is 0 Å². The van der Waals surface area contributed by atoms with Gasteiger partial charge in [-0.05, 0) is 30.6 Å². The van der Waals surface area contributed by atoms with Crippen LogP contribution in [0.25, 0.3) is 0 Å². The highest BCUT2D eigenvalue weighted by molar-refractivity contribution is 4.86. The van der Waals surface area contributed by atoms with Crippen molar-refractivity contribution in [2.45, 2.75) is 46.1 Å². The average molecular weight is 243 g/mol. The lowest BCUT2D eigenvalue weighted by atomic mass is 9.70. The van der Waals surface area contributed by atoms with Gasteiger partial charge in [-0.25, -0.2) is 0 Å². The highest BCUT2D eigenvalue weighted by atomic mass is 16.5. The van der Waals surface area contributed by atoms with E-state index < -0.39 is 0 Å². The molecule has 0 spiro atoms. The van der Waals surface area contributed by atoms with Crippen molar-refractivity contribution in [1.29, 1.82) is 0 Å². The second kappa shape index (κ2) is 7.34. The molecule has 0 amide bonds. The lowest BCUT2D eigenvalue weighted by molar-refractivity contribution is 0.0677. The summed E-state index contributed by atoms with van der Waals surface area (Å²) in [4.78, 5) is 0. The van der Waals surface area contributed by atoms with Crippen molar-refractivity contribution in [3.8, 4) is 0 Å². The summed E-state index contributed by atoms with van der Waals surface area (Å²) in [6.07, 6.45) is 3.95. The summed E-state index contributed by atoms with van der Waals surface area (Å²) in [6, 6.07) is 0.666. The smallest absolute Gasteiger partial charge is 0.0700 e. The molecule has 2 atom stereocenters. The zero-order chi connectivity index (χ0) is 12.7. The minimum absolute atomic E-state index is 0.492. The van der Waals surface area contributed by atoms with Crippen LogP contribution in [0.4, 0.5) is 0 Å². The Morgan fingerprint density at radius 2 is 1.94 bits per heavy atom. The Hall–Kier alpha value is -0.120. The summed E-state index contributed by atoms with van der Waals surface area (Å²) < 4.78 is 10.4. The van der Waals surface area contributed by atoms with Crippen molar-refractivity contribution in [3.05, 3.63) is 0 Å². The largest absolute Gasteiger partial charge is 0.382 e. The molecule has 1 aliphatic rings. The molecular formula is C14H29NO2. The minimum Gasteiger partial charge on any atom is -0.382 e. The monoisotopic (exact) mass is 243 g/mol. The Balaban J connectivity index is 2.10. The normalized spacial score (nSPS) is 28.2. The lowest BCUT2D eigenvalue weighted by Crippen LogP contribution is -2.41. The van der Waals surface area contributed by atoms with E-state index in [0.29, 0.717) is 24.7 Å². The van der Waals surface area contributed by atoms with Gasteiger partial charge in [0.25, 0.3) is 0 Å². The van der Waals surface area contributed by atoms with E-state index >= 15 is 0 Å². The predicted octanol–water partition coefficient (Wildman–Crippen LogP) is 2.45. The van der Waals surface area contributed by atoms with Gasteiger partial charge in [-0.2, -0.15) is 0 Å². The van der Waals surface area contributed by atoms with Crippen molar-refractivity contribution >= 4 is 0 Å². The zero-order valence-corrected chi connectivity index (χ0v) is 11.9. The van der Waals surface area contributed by atoms with Crippen LogP contribution < -0.4 is 5.32 Å². The van der Waals surface area contributed by atoms with Crippen LogP contribution in [0.5, 0.6) is 0 Å². The molecule has 1 aliphatic carbocycles. The molecule has 3 nitrogen and oxygen atoms in total. The van der Waals surface area contributed by atoms with Crippen molar-refractivity contribution in [1.82, 2.24) is 5.32 Å². The van der Waals surface area contributed by atoms with Gasteiger partial charge in [-0.1, -0.05) is 20.8 Å². The second-order valence-electron chi connectivity index (χ2n) is 6.17. The molecule has 0 aromatic heterocycles. The maximum Gasteiger partial charge on any atom is 0.0700 e. The van der Waals surface area contributed by atoms with Crippen LogP contribution in [0, 0.1) is 11.3 Å². The summed E-state index contributed by atoms with van der Waals surface area (Å²) in [6.45, 7) is 10.3. The molecular weight excluding hydrogens is 214 g/mol. The summed E-state index contributed by atoms with van der Waals surface area (Å²) in [7, 11) is 1.70. The van der Waals surface area contributed by atoms with Gasteiger partial charge < -0.3 is 14.8 Å². The van der Waals surface area contributed by atoms with E-state index in [9.17, 15) is 0 Å². The molecule has 3 heteroatoms. The molecule has 0 heterocycles. The summed E-state index contributed by atoms with van der Waals surface area (Å²) in [5.74, 6) is 0.839. The second-order valence-corrected chi connectivity index (χ2v) is 6.17. The van der Waals surface area contributed by atoms with Crippen LogP contribution in [0.2, 0.25) is 0 Å². The topological polar surface area (TPSA) is 30.5 Å². The predicted molar refractivity (Wildman–Crippen MR) is 71.3 cm³/mol. The molecule has 1 rings (SSSR count). The van der Waals surface area contributed by atoms with Gasteiger partial charge in [0.1, 0.15) is 0 Å². The van der Waals surface area contributed by atoms with E-state index in [1.54, 1.807) is 7.11 Å². The third-order valence-electron chi connectivity index (χ3n) is 3.50. The van der Waals surface area contributed by atoms with Crippen molar-refractivity contribution in [2.24, 2.45) is 11.3 Å². The van der Waals surface area contributed by atoms with E-state index in [1.807, 2.05) is 0 Å². The molecule has 1 fully saturated rings. The van der Waals surface area contributed by atoms with Crippen molar-refractivity contribution in [3.63, 3.8) is 0 Å². The first kappa shape index (κ1) is 14.9. The van der Waals surface area contributed by atoms with Gasteiger partial charge in [0.2, 0.25) is 0 Å². The van der Waals surface area contributed by atoms with Crippen LogP contribution in [-0.4, -0.2) is 39.5 Å². The Labute approximate surface area is 106 Å². The van der Waals surface area contributed by atoms with Gasteiger partial charge in [0.15, 0.2) is 0 Å². The first-order chi connectivity index (χ1) is 8.03. The highest BCUT2D eigenvalue weighted by Gasteiger charge is 2.31. The average Bonchev–Trinajstić information content (AvgIpc) is 2.20. The first-order valence-corrected chi connectivity index (χ1v) is 6.83. The van der Waals surface area contributed by atoms with E-state index in [2.05, 4.69) is 26.1 Å². The summed E-state index contributed by atoms with van der Waals surface area (Å²) in [5, 5.41) is 3.62. The molecule has 102 valence electrons. The van der Waals surface area contributed by atoms with Crippen LogP contribution in [0.1, 0.15) is 40.0 Å². The molecule has 0 radical (unpaired) electrons. The quantitative estimate of drug-likeness (QED) is 0.697. The van der Waals surface area contributed by atoms with Crippen molar-refractivity contribution < 1.29 is 9.47 Å². The molecule has 2 unspecified atom stereocenters. The third kappa shape index (κ3) is 6.39. The van der Waals surface area contributed by atoms with E-state index in [0.717, 1.165) is 19.1 Å². The van der Waals surface area contributed by atoms with E-state index in [4.69, 9.17) is 9.47 Å². The number of rotatable bonds is 7. The zero-order valence-electron chi connectivity index (χ0n) is 11.9. The van der Waals surface area contributed by atoms with E-state index in [1.165, 1.54) is 19.3 Å². The lowest BCUT2D eigenvalue weighted by Gasteiger charge is -2.39. The summed E-state index contributed by atoms with van der Waals surface area (Å²) in [5.41, 5.74) is 0.492. The fourth-order valence-electron chi connectivity index (χ4n) is 3.08. The Bertz CT molecular complexity index is 206. The molecule has 1 saturated carbocycles. The minimum atomic E-state index is 0.492. The molecule has 17 heavy (non-hydrogen) atoms. The number of nitrogens with one attached hydrogen (secondary N) is 1. The fraction of sp³-hybridized carbons (Fsp3) is 1.00. The number of hydrogen-bond acceptors (Lipinski definition) is 3. The molecule has 0 aromatic carbocycles. The van der Waals surface area contributed by atoms with Gasteiger partial charge in [-0.15, -0.1) is 0 Å². The Morgan fingerprint density at radius 1 is 1.18 bits per heavy atom. The Morgan fingerprint density at radius 3 is 2.59 bits per heavy atom. The highest BCUT2D eigenvalue weighted by Crippen LogP contribution is 2.38. The summed E-state index contributed by atoms with van der Waals surface area (Å²) >= 11 is 0. The fourth-order valence-corrected chi connectivity index (χ4v) is 3.08. The number of ether oxygens (including phenoxy) is 2. The SMILES string of the molecule is COCCOCCNC1CC(C)CC(C)(C)C1. The van der Waals surface area contributed by atoms with Gasteiger partial charge in [0, 0.05) is 19.7 Å². The van der Waals surface area contributed by atoms with Crippen LogP contribution in [0.3, 0.4) is 0 Å². The third-order valence-corrected chi connectivity index (χ3v) is 3.50. The van der Waals surface area contributed by atoms with Crippen LogP contribution in [0.15, 0.2) is 0 Å². The standard InChI is InChI=1S/C14H29NO2/c1-12-9-13(11-14(2,3)10-12)15-5-6-17-8-7-16-4/h12-13,15H,5-11H2,1-4H3. The Kier molecular flexibility index (Phi) is 6.45. The van der Waals surface area contributed by atoms with Crippen LogP contribution in [-0.2, 0) is 9.47 Å². The first-order valence-electron chi connectivity index (χ1n) is 6.83. The molecule has 0 saturated heterocycles. The van der Waals surface area contributed by atoms with E-state index in [-0.39, 0.29) is 0 Å². The number of methoxy groups -OCH3 is 1. The van der Waals surface area contributed by atoms with Crippen LogP contribution >= 0.6 is 0 Å². The molecule has 0 bridgehead atoms. The maximum absolute atomic E-state index is 5.46. The van der Waals surface area contributed by atoms with Crippen molar-refractivity contribution in [2.75, 3.05) is 33.5 Å². The maximum atomic E-state index is 5.46. The van der Waals surface area contributed by atoms with Gasteiger partial charge >= 0.3 is 0 Å². The molecule has 0 aliphatic heterocycles. The molecule has 0 aromatic rings. The molecule has 1 N–H and O–H groups in total. The van der Waals surface area contributed by atoms with Gasteiger partial charge in [0.05, 0.1) is 19.8 Å². The number of hydrogen-bond donors (Lipinski definition) is 1.